The van der Waals surface area contributed by atoms with E-state index in [0.717, 1.165) is 33.6 Å². The molecule has 1 saturated heterocycles. The molecule has 34 heteroatoms. The molecule has 62 heavy (non-hydrogen) atoms. The molecule has 346 valence electrons. The number of hydrogen-bond donors (Lipinski definition) is 11. The summed E-state index contributed by atoms with van der Waals surface area (Å²) in [5, 5.41) is 25.8. The Morgan fingerprint density at radius 2 is 1.76 bits per heavy atom. The summed E-state index contributed by atoms with van der Waals surface area (Å²) >= 11 is 3.76. The van der Waals surface area contributed by atoms with Crippen LogP contribution in [0.25, 0.3) is 11.2 Å². The maximum Gasteiger partial charge on any atom is 0.481 e. The van der Waals surface area contributed by atoms with Crippen LogP contribution in [0.1, 0.15) is 26.5 Å². The van der Waals surface area contributed by atoms with Crippen LogP contribution in [0.15, 0.2) is 32.9 Å². The van der Waals surface area contributed by atoms with Crippen molar-refractivity contribution in [3.8, 4) is 0 Å². The van der Waals surface area contributed by atoms with Crippen molar-refractivity contribution in [2.24, 2.45) is 11.1 Å². The number of aromatic nitrogens is 6. The Bertz CT molecular complexity index is 2380. The van der Waals surface area contributed by atoms with E-state index in [-0.39, 0.29) is 53.3 Å². The van der Waals surface area contributed by atoms with E-state index in [1.807, 2.05) is 0 Å². The minimum atomic E-state index is -5.61. The molecule has 13 N–H and O–H groups in total. The molecule has 0 bridgehead atoms. The Morgan fingerprint density at radius 1 is 1.08 bits per heavy atom. The SMILES string of the molecule is CC(C)(COP(=O)(O)OP(=O)(O)OCC1OC(n2cnc3c(N)ncnc32)C(O)C1OP(=O)(O)O)C(O)C(=O)NCCC(=O)NCCSC(=O)C(N)Cn1cc(Br)c(=O)[nH]c1=O. The van der Waals surface area contributed by atoms with Crippen molar-refractivity contribution in [3.05, 3.63) is 44.2 Å². The molecule has 0 aromatic carbocycles. The van der Waals surface area contributed by atoms with Crippen LogP contribution in [0.2, 0.25) is 0 Å². The van der Waals surface area contributed by atoms with Gasteiger partial charge in [0.2, 0.25) is 16.9 Å². The Labute approximate surface area is 360 Å². The van der Waals surface area contributed by atoms with Crippen LogP contribution in [-0.4, -0.2) is 138 Å². The minimum absolute atomic E-state index is 0.0139. The quantitative estimate of drug-likeness (QED) is 0.0360. The number of hydrogen-bond acceptors (Lipinski definition) is 21. The van der Waals surface area contributed by atoms with E-state index in [0.29, 0.717) is 0 Å². The largest absolute Gasteiger partial charge is 0.481 e. The number of thioether (sulfide) groups is 1. The smallest absolute Gasteiger partial charge is 0.386 e. The number of nitrogens with zero attached hydrogens (tertiary/aromatic N) is 5. The number of carbonyl (C=O) groups excluding carboxylic acids is 3. The maximum atomic E-state index is 12.7. The summed E-state index contributed by atoms with van der Waals surface area (Å²) in [4.78, 5) is 114. The average molecular weight is 1030 g/mol. The van der Waals surface area contributed by atoms with Crippen molar-refractivity contribution in [3.63, 3.8) is 0 Å². The Kier molecular flexibility index (Phi) is 17.5. The van der Waals surface area contributed by atoms with Gasteiger partial charge < -0.3 is 56.6 Å². The topological polar surface area (TPSA) is 445 Å². The highest BCUT2D eigenvalue weighted by Crippen LogP contribution is 2.61. The second kappa shape index (κ2) is 21.1. The number of phosphoric acid groups is 3. The van der Waals surface area contributed by atoms with Crippen LogP contribution in [0.3, 0.4) is 0 Å². The Hall–Kier alpha value is -3.32. The summed E-state index contributed by atoms with van der Waals surface area (Å²) in [6.45, 7) is -0.144. The van der Waals surface area contributed by atoms with Gasteiger partial charge in [-0.05, 0) is 15.9 Å². The van der Waals surface area contributed by atoms with Gasteiger partial charge in [0.15, 0.2) is 17.7 Å². The number of imidazole rings is 1. The first-order valence-electron chi connectivity index (χ1n) is 17.5. The van der Waals surface area contributed by atoms with E-state index in [4.69, 9.17) is 25.3 Å². The number of aliphatic hydroxyl groups is 2. The molecule has 0 radical (unpaired) electrons. The molecule has 3 aromatic heterocycles. The van der Waals surface area contributed by atoms with Gasteiger partial charge in [-0.25, -0.2) is 33.4 Å². The van der Waals surface area contributed by atoms with E-state index in [1.54, 1.807) is 0 Å². The summed E-state index contributed by atoms with van der Waals surface area (Å²) in [6, 6.07) is -1.11. The average Bonchev–Trinajstić information content (AvgIpc) is 3.73. The van der Waals surface area contributed by atoms with Gasteiger partial charge in [0.1, 0.15) is 36.3 Å². The predicted octanol–water partition coefficient (Wildman–Crippen LogP) is -2.70. The Morgan fingerprint density at radius 3 is 2.44 bits per heavy atom. The van der Waals surface area contributed by atoms with Crippen molar-refractivity contribution in [1.82, 2.24) is 39.7 Å². The second-order valence-corrected chi connectivity index (χ2v) is 19.9. The summed E-state index contributed by atoms with van der Waals surface area (Å²) in [6.07, 6.45) is -6.00. The van der Waals surface area contributed by atoms with Gasteiger partial charge in [0, 0.05) is 36.9 Å². The summed E-state index contributed by atoms with van der Waals surface area (Å²) < 4.78 is 63.3. The molecule has 2 amide bonds. The zero-order chi connectivity index (χ0) is 46.4. The first-order chi connectivity index (χ1) is 28.7. The Balaban J connectivity index is 1.20. The van der Waals surface area contributed by atoms with Gasteiger partial charge in [-0.1, -0.05) is 25.6 Å². The van der Waals surface area contributed by atoms with Gasteiger partial charge >= 0.3 is 29.2 Å². The molecule has 3 aromatic rings. The van der Waals surface area contributed by atoms with E-state index < -0.39 is 107 Å². The molecular formula is C28H42BrN10O19P3S. The number of aliphatic hydroxyl groups excluding tert-OH is 2. The number of nitrogens with two attached hydrogens (primary N) is 2. The number of aromatic amines is 1. The molecule has 0 spiro atoms. The molecule has 8 atom stereocenters. The van der Waals surface area contributed by atoms with Crippen molar-refractivity contribution >= 4 is 85.1 Å². The molecular weight excluding hydrogens is 985 g/mol. The lowest BCUT2D eigenvalue weighted by Gasteiger charge is -2.30. The molecule has 4 rings (SSSR count). The lowest BCUT2D eigenvalue weighted by atomic mass is 9.87. The fourth-order valence-electron chi connectivity index (χ4n) is 5.29. The normalized spacial score (nSPS) is 21.2. The molecule has 1 aliphatic rings. The molecule has 0 saturated carbocycles. The van der Waals surface area contributed by atoms with Crippen LogP contribution in [0.5, 0.6) is 0 Å². The van der Waals surface area contributed by atoms with Crippen molar-refractivity contribution in [1.29, 1.82) is 0 Å². The molecule has 1 fully saturated rings. The maximum absolute atomic E-state index is 12.7. The highest BCUT2D eigenvalue weighted by Gasteiger charge is 2.50. The molecule has 8 unspecified atom stereocenters. The number of phosphoric ester groups is 3. The standard InChI is InChI=1S/C28H42BrN10O19P3S/c1-28(2,20(42)24(44)33-4-3-16(40)32-5-6-62-26(45)14(30)8-38-7-13(29)23(43)37-27(38)46)10-55-61(52,53)58-60(50,51)54-9-15-19(57-59(47,48)49)18(41)25(56-15)39-12-36-17-21(31)34-11-35-22(17)39/h7,11-12,14-15,18-20,25,41-42H,3-6,8-10,30H2,1-2H3,(H,32,40)(H,33,44)(H,50,51)(H,52,53)(H2,31,34,35)(H,37,43,46)(H2,47,48,49). The van der Waals surface area contributed by atoms with E-state index >= 15 is 0 Å². The van der Waals surface area contributed by atoms with Crippen LogP contribution in [0, 0.1) is 5.41 Å². The second-order valence-electron chi connectivity index (χ2n) is 13.7. The third-order valence-electron chi connectivity index (χ3n) is 8.41. The molecule has 29 nitrogen and oxygen atoms in total. The van der Waals surface area contributed by atoms with Crippen molar-refractivity contribution in [2.75, 3.05) is 37.8 Å². The lowest BCUT2D eigenvalue weighted by Crippen LogP contribution is -2.46. The number of halogens is 1. The predicted molar refractivity (Wildman–Crippen MR) is 214 cm³/mol. The lowest BCUT2D eigenvalue weighted by molar-refractivity contribution is -0.137. The molecule has 4 heterocycles. The fraction of sp³-hybridized carbons (Fsp3) is 0.571. The fourth-order valence-corrected chi connectivity index (χ4v) is 9.16. The first kappa shape index (κ1) is 51.3. The van der Waals surface area contributed by atoms with Crippen LogP contribution < -0.4 is 33.3 Å². The van der Waals surface area contributed by atoms with Gasteiger partial charge in [-0.2, -0.15) is 4.31 Å². The van der Waals surface area contributed by atoms with Crippen LogP contribution >= 0.6 is 51.2 Å². The third kappa shape index (κ3) is 14.3. The van der Waals surface area contributed by atoms with Gasteiger partial charge in [-0.15, -0.1) is 0 Å². The number of nitrogens with one attached hydrogen (secondary N) is 3. The number of carbonyl (C=O) groups is 3. The van der Waals surface area contributed by atoms with E-state index in [9.17, 15) is 67.5 Å². The highest BCUT2D eigenvalue weighted by atomic mass is 79.9. The minimum Gasteiger partial charge on any atom is -0.386 e. The van der Waals surface area contributed by atoms with Crippen LogP contribution in [-0.2, 0) is 57.2 Å². The number of rotatable bonds is 22. The van der Waals surface area contributed by atoms with E-state index in [2.05, 4.69) is 55.3 Å². The molecule has 1 aliphatic heterocycles. The monoisotopic (exact) mass is 1030 g/mol. The zero-order valence-electron chi connectivity index (χ0n) is 32.2. The molecule has 0 aliphatic carbocycles. The third-order valence-corrected chi connectivity index (χ3v) is 13.1. The van der Waals surface area contributed by atoms with Crippen molar-refractivity contribution < 1.29 is 80.5 Å². The van der Waals surface area contributed by atoms with Gasteiger partial charge in [0.25, 0.3) is 5.56 Å². The number of anilines is 1. The number of amides is 2. The first-order valence-corrected chi connectivity index (χ1v) is 23.8. The van der Waals surface area contributed by atoms with Crippen LogP contribution in [0.4, 0.5) is 5.82 Å². The number of ether oxygens (including phenoxy) is 1. The van der Waals surface area contributed by atoms with Gasteiger partial charge in [-0.3, -0.25) is 46.9 Å². The zero-order valence-corrected chi connectivity index (χ0v) is 37.2. The number of fused-ring (bicyclic) bond motifs is 1. The summed E-state index contributed by atoms with van der Waals surface area (Å²) in [5.74, 6) is -1.54. The number of H-pyrrole nitrogens is 1. The summed E-state index contributed by atoms with van der Waals surface area (Å²) in [5.41, 5.74) is 8.62. The van der Waals surface area contributed by atoms with Crippen molar-refractivity contribution in [2.45, 2.75) is 63.5 Å². The van der Waals surface area contributed by atoms with Gasteiger partial charge in [0.05, 0.1) is 36.6 Å². The van der Waals surface area contributed by atoms with E-state index in [1.165, 1.54) is 20.0 Å². The highest BCUT2D eigenvalue weighted by molar-refractivity contribution is 9.10. The summed E-state index contributed by atoms with van der Waals surface area (Å²) in [7, 11) is -16.5. The number of nitrogen functional groups attached to an aromatic ring is 1.